The Morgan fingerprint density at radius 3 is 2.88 bits per heavy atom. The van der Waals surface area contributed by atoms with Crippen LogP contribution in [0.25, 0.3) is 0 Å². The van der Waals surface area contributed by atoms with E-state index in [9.17, 15) is 14.4 Å². The minimum atomic E-state index is -0.370. The van der Waals surface area contributed by atoms with Crippen LogP contribution in [0.4, 0.5) is 5.69 Å². The van der Waals surface area contributed by atoms with Gasteiger partial charge in [0, 0.05) is 18.3 Å². The van der Waals surface area contributed by atoms with Gasteiger partial charge in [-0.15, -0.1) is 0 Å². The number of rotatable bonds is 9. The molecule has 3 rings (SSSR count). The molecule has 0 radical (unpaired) electrons. The summed E-state index contributed by atoms with van der Waals surface area (Å²) in [6, 6.07) is 6.94. The van der Waals surface area contributed by atoms with Gasteiger partial charge in [0.1, 0.15) is 12.3 Å². The van der Waals surface area contributed by atoms with E-state index in [0.29, 0.717) is 31.2 Å². The number of amides is 2. The predicted molar refractivity (Wildman–Crippen MR) is 115 cm³/mol. The maximum Gasteiger partial charge on any atom is 0.307 e. The van der Waals surface area contributed by atoms with Crippen molar-refractivity contribution in [2.24, 2.45) is 0 Å². The van der Waals surface area contributed by atoms with Crippen molar-refractivity contribution in [1.82, 2.24) is 14.7 Å². The predicted octanol–water partition coefficient (Wildman–Crippen LogP) is 1.25. The fourth-order valence-electron chi connectivity index (χ4n) is 3.54. The first-order valence-corrected chi connectivity index (χ1v) is 10.5. The summed E-state index contributed by atoms with van der Waals surface area (Å²) in [5.41, 5.74) is 1.26. The smallest absolute Gasteiger partial charge is 0.307 e. The molecule has 1 N–H and O–H groups in total. The van der Waals surface area contributed by atoms with E-state index in [1.807, 2.05) is 18.2 Å². The maximum absolute atomic E-state index is 12.8. The molecule has 10 nitrogen and oxygen atoms in total. The van der Waals surface area contributed by atoms with Gasteiger partial charge in [-0.25, -0.2) is 0 Å². The Hall–Kier alpha value is -3.40. The van der Waals surface area contributed by atoms with E-state index in [-0.39, 0.29) is 49.8 Å². The van der Waals surface area contributed by atoms with E-state index in [1.54, 1.807) is 31.2 Å². The number of anilines is 1. The fourth-order valence-corrected chi connectivity index (χ4v) is 3.54. The number of para-hydroxylation sites is 1. The van der Waals surface area contributed by atoms with Gasteiger partial charge in [0.05, 0.1) is 57.7 Å². The number of methoxy groups -OCH3 is 1. The average molecular weight is 444 g/mol. The topological polar surface area (TPSA) is 112 Å². The first kappa shape index (κ1) is 23.3. The van der Waals surface area contributed by atoms with Crippen LogP contribution < -0.4 is 10.1 Å². The van der Waals surface area contributed by atoms with Gasteiger partial charge in [-0.1, -0.05) is 18.2 Å². The SMILES string of the molecule is CCOC(=O)C[C@H]1COCCN1C(=O)Cn1cc(NC(=O)Cc2ccccc2OC)cn1. The molecule has 2 heterocycles. The highest BCUT2D eigenvalue weighted by atomic mass is 16.5. The molecule has 0 saturated carbocycles. The molecule has 1 fully saturated rings. The number of hydrogen-bond donors (Lipinski definition) is 1. The van der Waals surface area contributed by atoms with Crippen LogP contribution >= 0.6 is 0 Å². The van der Waals surface area contributed by atoms with Crippen molar-refractivity contribution in [3.05, 3.63) is 42.2 Å². The van der Waals surface area contributed by atoms with E-state index in [2.05, 4.69) is 10.4 Å². The van der Waals surface area contributed by atoms with Crippen LogP contribution in [0.1, 0.15) is 18.9 Å². The second-order valence-electron chi connectivity index (χ2n) is 7.29. The Balaban J connectivity index is 1.56. The van der Waals surface area contributed by atoms with Crippen molar-refractivity contribution in [2.75, 3.05) is 38.8 Å². The number of morpholine rings is 1. The molecule has 1 atom stereocenters. The molecule has 1 saturated heterocycles. The molecular weight excluding hydrogens is 416 g/mol. The number of nitrogens with zero attached hydrogens (tertiary/aromatic N) is 3. The minimum Gasteiger partial charge on any atom is -0.496 e. The number of hydrogen-bond acceptors (Lipinski definition) is 7. The lowest BCUT2D eigenvalue weighted by molar-refractivity contribution is -0.150. The highest BCUT2D eigenvalue weighted by molar-refractivity contribution is 5.92. The van der Waals surface area contributed by atoms with Gasteiger partial charge in [-0.3, -0.25) is 19.1 Å². The summed E-state index contributed by atoms with van der Waals surface area (Å²) in [7, 11) is 1.56. The van der Waals surface area contributed by atoms with E-state index in [1.165, 1.54) is 10.9 Å². The van der Waals surface area contributed by atoms with Crippen molar-refractivity contribution in [1.29, 1.82) is 0 Å². The Kier molecular flexibility index (Phi) is 8.20. The van der Waals surface area contributed by atoms with Crippen LogP contribution in [0, 0.1) is 0 Å². The fraction of sp³-hybridized carbons (Fsp3) is 0.455. The summed E-state index contributed by atoms with van der Waals surface area (Å²) in [5.74, 6) is -0.118. The van der Waals surface area contributed by atoms with Gasteiger partial charge >= 0.3 is 5.97 Å². The van der Waals surface area contributed by atoms with Crippen LogP contribution in [0.3, 0.4) is 0 Å². The first-order chi connectivity index (χ1) is 15.5. The number of benzene rings is 1. The molecule has 32 heavy (non-hydrogen) atoms. The first-order valence-electron chi connectivity index (χ1n) is 10.5. The van der Waals surface area contributed by atoms with Crippen LogP contribution in [-0.4, -0.2) is 72.0 Å². The molecule has 10 heteroatoms. The number of esters is 1. The average Bonchev–Trinajstić information content (AvgIpc) is 3.21. The molecular formula is C22H28N4O6. The molecule has 0 unspecified atom stereocenters. The molecule has 0 bridgehead atoms. The van der Waals surface area contributed by atoms with Gasteiger partial charge < -0.3 is 24.4 Å². The van der Waals surface area contributed by atoms with Gasteiger partial charge in [-0.05, 0) is 13.0 Å². The van der Waals surface area contributed by atoms with Crippen molar-refractivity contribution in [3.8, 4) is 5.75 Å². The van der Waals surface area contributed by atoms with Crippen LogP contribution in [-0.2, 0) is 36.8 Å². The Labute approximate surface area is 186 Å². The normalized spacial score (nSPS) is 15.8. The third-order valence-corrected chi connectivity index (χ3v) is 5.01. The number of aromatic nitrogens is 2. The highest BCUT2D eigenvalue weighted by Gasteiger charge is 2.29. The summed E-state index contributed by atoms with van der Waals surface area (Å²) in [6.45, 7) is 3.11. The summed E-state index contributed by atoms with van der Waals surface area (Å²) >= 11 is 0. The molecule has 1 aliphatic rings. The van der Waals surface area contributed by atoms with E-state index in [4.69, 9.17) is 14.2 Å². The largest absolute Gasteiger partial charge is 0.496 e. The molecule has 0 aliphatic carbocycles. The van der Waals surface area contributed by atoms with Crippen molar-refractivity contribution >= 4 is 23.5 Å². The third kappa shape index (κ3) is 6.30. The molecule has 1 aromatic heterocycles. The summed E-state index contributed by atoms with van der Waals surface area (Å²) < 4.78 is 17.1. The molecule has 1 aliphatic heterocycles. The van der Waals surface area contributed by atoms with Gasteiger partial charge in [0.15, 0.2) is 0 Å². The van der Waals surface area contributed by atoms with Crippen LogP contribution in [0.15, 0.2) is 36.7 Å². The molecule has 2 aromatic rings. The van der Waals surface area contributed by atoms with E-state index >= 15 is 0 Å². The van der Waals surface area contributed by atoms with Gasteiger partial charge in [0.25, 0.3) is 0 Å². The number of ether oxygens (including phenoxy) is 3. The van der Waals surface area contributed by atoms with Crippen molar-refractivity contribution < 1.29 is 28.6 Å². The lowest BCUT2D eigenvalue weighted by Crippen LogP contribution is -2.50. The molecule has 0 spiro atoms. The van der Waals surface area contributed by atoms with Crippen LogP contribution in [0.2, 0.25) is 0 Å². The molecule has 2 amide bonds. The minimum absolute atomic E-state index is 0.0122. The quantitative estimate of drug-likeness (QED) is 0.580. The lowest BCUT2D eigenvalue weighted by atomic mass is 10.1. The third-order valence-electron chi connectivity index (χ3n) is 5.01. The monoisotopic (exact) mass is 444 g/mol. The van der Waals surface area contributed by atoms with E-state index in [0.717, 1.165) is 5.56 Å². The Morgan fingerprint density at radius 2 is 2.09 bits per heavy atom. The zero-order valence-corrected chi connectivity index (χ0v) is 18.3. The van der Waals surface area contributed by atoms with Crippen molar-refractivity contribution in [3.63, 3.8) is 0 Å². The van der Waals surface area contributed by atoms with Gasteiger partial charge in [-0.2, -0.15) is 5.10 Å². The summed E-state index contributed by atoms with van der Waals surface area (Å²) in [6.07, 6.45) is 3.32. The number of nitrogens with one attached hydrogen (secondary N) is 1. The maximum atomic E-state index is 12.8. The highest BCUT2D eigenvalue weighted by Crippen LogP contribution is 2.18. The van der Waals surface area contributed by atoms with E-state index < -0.39 is 0 Å². The second-order valence-corrected chi connectivity index (χ2v) is 7.29. The number of carbonyl (C=O) groups is 3. The second kappa shape index (κ2) is 11.3. The number of carbonyl (C=O) groups excluding carboxylic acids is 3. The standard InChI is InChI=1S/C22H28N4O6/c1-3-32-22(29)11-18-15-31-9-8-26(18)21(28)14-25-13-17(12-23-25)24-20(27)10-16-6-4-5-7-19(16)30-2/h4-7,12-13,18H,3,8-11,14-15H2,1-2H3,(H,24,27)/t18-/m0/s1. The molecule has 1 aromatic carbocycles. The lowest BCUT2D eigenvalue weighted by Gasteiger charge is -2.35. The summed E-state index contributed by atoms with van der Waals surface area (Å²) in [5, 5.41) is 6.95. The molecule has 172 valence electrons. The zero-order valence-electron chi connectivity index (χ0n) is 18.3. The summed E-state index contributed by atoms with van der Waals surface area (Å²) in [4.78, 5) is 38.7. The Bertz CT molecular complexity index is 944. The zero-order chi connectivity index (χ0) is 22.9. The van der Waals surface area contributed by atoms with Crippen LogP contribution in [0.5, 0.6) is 5.75 Å². The van der Waals surface area contributed by atoms with Gasteiger partial charge in [0.2, 0.25) is 11.8 Å². The Morgan fingerprint density at radius 1 is 1.28 bits per heavy atom. The van der Waals surface area contributed by atoms with Crippen molar-refractivity contribution in [2.45, 2.75) is 32.4 Å².